The van der Waals surface area contributed by atoms with Crippen molar-refractivity contribution in [3.8, 4) is 23.2 Å². The van der Waals surface area contributed by atoms with Crippen LogP contribution in [0.1, 0.15) is 51.3 Å². The summed E-state index contributed by atoms with van der Waals surface area (Å²) in [7, 11) is 0. The summed E-state index contributed by atoms with van der Waals surface area (Å²) in [5, 5.41) is 13.9. The van der Waals surface area contributed by atoms with Crippen molar-refractivity contribution in [1.82, 2.24) is 14.5 Å². The predicted molar refractivity (Wildman–Crippen MR) is 153 cm³/mol. The molecular formula is C33H29N3O2. The standard InChI is InChI=1S/C33H29N3O2/c1-32(2,3)23-14-15-27(37)29-22(23)13-16-28(35-29)38-19-11-12-20-21-8-6-9-24-30(21)36(26(20)18-19)31-25(33(24,4)5)10-7-17-34-31/h6-18,37H,1-5H3. The molecule has 5 heteroatoms. The van der Waals surface area contributed by atoms with E-state index in [4.69, 9.17) is 14.7 Å². The van der Waals surface area contributed by atoms with Gasteiger partial charge in [-0.15, -0.1) is 0 Å². The van der Waals surface area contributed by atoms with E-state index in [-0.39, 0.29) is 16.6 Å². The van der Waals surface area contributed by atoms with Gasteiger partial charge in [0, 0.05) is 45.5 Å². The first kappa shape index (κ1) is 22.8. The molecule has 0 amide bonds. The molecule has 0 aliphatic carbocycles. The van der Waals surface area contributed by atoms with E-state index < -0.39 is 0 Å². The Hall–Kier alpha value is -4.38. The van der Waals surface area contributed by atoms with Crippen LogP contribution in [0.3, 0.4) is 0 Å². The predicted octanol–water partition coefficient (Wildman–Crippen LogP) is 8.16. The number of hydrogen-bond donors (Lipinski definition) is 1. The number of benzene rings is 3. The fourth-order valence-corrected chi connectivity index (χ4v) is 6.06. The normalized spacial score (nSPS) is 14.2. The molecule has 0 saturated carbocycles. The van der Waals surface area contributed by atoms with Crippen LogP contribution in [0.5, 0.6) is 17.4 Å². The van der Waals surface area contributed by atoms with Gasteiger partial charge in [0.05, 0.1) is 11.0 Å². The van der Waals surface area contributed by atoms with Gasteiger partial charge in [0.15, 0.2) is 0 Å². The molecule has 0 bridgehead atoms. The Morgan fingerprint density at radius 1 is 0.842 bits per heavy atom. The summed E-state index contributed by atoms with van der Waals surface area (Å²) >= 11 is 0. The van der Waals surface area contributed by atoms with Crippen molar-refractivity contribution in [2.75, 3.05) is 0 Å². The number of nitrogens with zero attached hydrogens (tertiary/aromatic N) is 3. The molecule has 7 rings (SSSR count). The van der Waals surface area contributed by atoms with Crippen molar-refractivity contribution in [1.29, 1.82) is 0 Å². The lowest BCUT2D eigenvalue weighted by Gasteiger charge is -2.33. The minimum absolute atomic E-state index is 0.0722. The molecule has 6 aromatic rings. The van der Waals surface area contributed by atoms with Crippen LogP contribution in [0.2, 0.25) is 0 Å². The number of aromatic hydroxyl groups is 1. The lowest BCUT2D eigenvalue weighted by molar-refractivity contribution is 0.460. The number of phenolic OH excluding ortho intramolecular Hbond substituents is 1. The van der Waals surface area contributed by atoms with E-state index in [2.05, 4.69) is 75.6 Å². The minimum atomic E-state index is -0.157. The number of ether oxygens (including phenoxy) is 1. The second kappa shape index (κ2) is 7.57. The van der Waals surface area contributed by atoms with E-state index in [0.717, 1.165) is 27.7 Å². The largest absolute Gasteiger partial charge is 0.506 e. The molecule has 1 aliphatic heterocycles. The lowest BCUT2D eigenvalue weighted by atomic mass is 9.76. The van der Waals surface area contributed by atoms with E-state index in [1.54, 1.807) is 6.07 Å². The SMILES string of the molecule is CC(C)(C)c1ccc(O)c2nc(Oc3ccc4c5cccc6c5n(c4c3)-c3ncccc3C6(C)C)ccc12. The zero-order valence-electron chi connectivity index (χ0n) is 22.2. The third-order valence-electron chi connectivity index (χ3n) is 7.95. The van der Waals surface area contributed by atoms with Gasteiger partial charge in [-0.05, 0) is 46.9 Å². The van der Waals surface area contributed by atoms with Crippen LogP contribution in [-0.2, 0) is 10.8 Å². The average molecular weight is 500 g/mol. The van der Waals surface area contributed by atoms with Crippen LogP contribution in [0.15, 0.2) is 79.0 Å². The Labute approximate surface area is 221 Å². The first-order chi connectivity index (χ1) is 18.1. The molecule has 0 spiro atoms. The first-order valence-corrected chi connectivity index (χ1v) is 13.0. The first-order valence-electron chi connectivity index (χ1n) is 13.0. The van der Waals surface area contributed by atoms with Crippen LogP contribution in [0.25, 0.3) is 38.5 Å². The Morgan fingerprint density at radius 2 is 1.63 bits per heavy atom. The van der Waals surface area contributed by atoms with E-state index in [9.17, 15) is 5.11 Å². The van der Waals surface area contributed by atoms with Crippen molar-refractivity contribution in [3.05, 3.63) is 95.7 Å². The molecule has 5 nitrogen and oxygen atoms in total. The summed E-state index contributed by atoms with van der Waals surface area (Å²) < 4.78 is 8.56. The molecule has 0 saturated heterocycles. The lowest BCUT2D eigenvalue weighted by Crippen LogP contribution is -2.26. The third kappa shape index (κ3) is 3.11. The Bertz CT molecular complexity index is 1930. The molecule has 1 aliphatic rings. The topological polar surface area (TPSA) is 60.2 Å². The Balaban J connectivity index is 1.40. The highest BCUT2D eigenvalue weighted by molar-refractivity contribution is 6.11. The summed E-state index contributed by atoms with van der Waals surface area (Å²) in [6, 6.07) is 24.4. The van der Waals surface area contributed by atoms with Crippen LogP contribution >= 0.6 is 0 Å². The number of fused-ring (bicyclic) bond motifs is 6. The summed E-state index contributed by atoms with van der Waals surface area (Å²) in [4.78, 5) is 9.53. The van der Waals surface area contributed by atoms with E-state index in [1.807, 2.05) is 36.5 Å². The van der Waals surface area contributed by atoms with Gasteiger partial charge in [0.1, 0.15) is 22.8 Å². The highest BCUT2D eigenvalue weighted by Crippen LogP contribution is 2.47. The summed E-state index contributed by atoms with van der Waals surface area (Å²) in [5.74, 6) is 2.22. The van der Waals surface area contributed by atoms with Gasteiger partial charge in [0.2, 0.25) is 5.88 Å². The summed E-state index contributed by atoms with van der Waals surface area (Å²) in [5.41, 5.74) is 6.17. The number of phenols is 1. The van der Waals surface area contributed by atoms with Crippen molar-refractivity contribution in [2.24, 2.45) is 0 Å². The molecule has 1 N–H and O–H groups in total. The highest BCUT2D eigenvalue weighted by Gasteiger charge is 2.35. The number of para-hydroxylation sites is 1. The van der Waals surface area contributed by atoms with Gasteiger partial charge >= 0.3 is 0 Å². The fraction of sp³-hybridized carbons (Fsp3) is 0.212. The van der Waals surface area contributed by atoms with Gasteiger partial charge in [-0.25, -0.2) is 9.97 Å². The maximum atomic E-state index is 10.6. The van der Waals surface area contributed by atoms with Gasteiger partial charge in [0.25, 0.3) is 0 Å². The number of aromatic nitrogens is 3. The molecule has 3 aromatic heterocycles. The van der Waals surface area contributed by atoms with Crippen molar-refractivity contribution in [3.63, 3.8) is 0 Å². The zero-order chi connectivity index (χ0) is 26.4. The smallest absolute Gasteiger partial charge is 0.219 e. The molecule has 3 aromatic carbocycles. The molecule has 0 radical (unpaired) electrons. The zero-order valence-corrected chi connectivity index (χ0v) is 22.2. The minimum Gasteiger partial charge on any atom is -0.506 e. The molecule has 38 heavy (non-hydrogen) atoms. The molecule has 0 atom stereocenters. The second-order valence-electron chi connectivity index (χ2n) is 11.7. The molecule has 4 heterocycles. The quantitative estimate of drug-likeness (QED) is 0.261. The van der Waals surface area contributed by atoms with Gasteiger partial charge in [-0.1, -0.05) is 65.0 Å². The molecular weight excluding hydrogens is 470 g/mol. The van der Waals surface area contributed by atoms with Crippen LogP contribution in [-0.4, -0.2) is 19.6 Å². The third-order valence-corrected chi connectivity index (χ3v) is 7.95. The van der Waals surface area contributed by atoms with Crippen LogP contribution < -0.4 is 4.74 Å². The number of rotatable bonds is 2. The average Bonchev–Trinajstić information content (AvgIpc) is 3.21. The maximum absolute atomic E-state index is 10.6. The molecule has 0 fully saturated rings. The molecule has 0 unspecified atom stereocenters. The monoisotopic (exact) mass is 499 g/mol. The van der Waals surface area contributed by atoms with E-state index in [0.29, 0.717) is 17.1 Å². The van der Waals surface area contributed by atoms with Gasteiger partial charge < -0.3 is 9.84 Å². The van der Waals surface area contributed by atoms with Gasteiger partial charge in [-0.2, -0.15) is 0 Å². The van der Waals surface area contributed by atoms with E-state index in [1.165, 1.54) is 22.0 Å². The van der Waals surface area contributed by atoms with Crippen LogP contribution in [0.4, 0.5) is 0 Å². The maximum Gasteiger partial charge on any atom is 0.219 e. The second-order valence-corrected chi connectivity index (χ2v) is 11.7. The van der Waals surface area contributed by atoms with E-state index >= 15 is 0 Å². The van der Waals surface area contributed by atoms with Gasteiger partial charge in [-0.3, -0.25) is 4.57 Å². The summed E-state index contributed by atoms with van der Waals surface area (Å²) in [6.07, 6.45) is 1.86. The summed E-state index contributed by atoms with van der Waals surface area (Å²) in [6.45, 7) is 11.0. The Kier molecular flexibility index (Phi) is 4.54. The highest BCUT2D eigenvalue weighted by atomic mass is 16.5. The number of hydrogen-bond acceptors (Lipinski definition) is 4. The fourth-order valence-electron chi connectivity index (χ4n) is 6.06. The van der Waals surface area contributed by atoms with Crippen molar-refractivity contribution in [2.45, 2.75) is 45.4 Å². The van der Waals surface area contributed by atoms with Crippen LogP contribution in [0, 0.1) is 0 Å². The van der Waals surface area contributed by atoms with Crippen molar-refractivity contribution >= 4 is 32.7 Å². The molecule has 188 valence electrons. The number of pyridine rings is 2. The van der Waals surface area contributed by atoms with Crippen molar-refractivity contribution < 1.29 is 9.84 Å². The Morgan fingerprint density at radius 3 is 2.45 bits per heavy atom.